The number of ether oxygens (including phenoxy) is 1. The molecule has 5 heteroatoms. The predicted octanol–water partition coefficient (Wildman–Crippen LogP) is 1.63. The lowest BCUT2D eigenvalue weighted by Crippen LogP contribution is -2.05. The summed E-state index contributed by atoms with van der Waals surface area (Å²) in [7, 11) is 0. The fourth-order valence-electron chi connectivity index (χ4n) is 1.53. The summed E-state index contributed by atoms with van der Waals surface area (Å²) in [6.07, 6.45) is 3.22. The molecule has 0 bridgehead atoms. The third kappa shape index (κ3) is 1.76. The highest BCUT2D eigenvalue weighted by atomic mass is 16.5. The van der Waals surface area contributed by atoms with Crippen LogP contribution in [0, 0.1) is 0 Å². The zero-order valence-corrected chi connectivity index (χ0v) is 9.30. The van der Waals surface area contributed by atoms with Crippen LogP contribution in [-0.4, -0.2) is 27.3 Å². The highest BCUT2D eigenvalue weighted by molar-refractivity contribution is 5.92. The van der Waals surface area contributed by atoms with Gasteiger partial charge in [-0.3, -0.25) is 0 Å². The number of aryl methyl sites for hydroxylation is 1. The Hall–Kier alpha value is -1.91. The van der Waals surface area contributed by atoms with E-state index in [1.807, 2.05) is 6.92 Å². The lowest BCUT2D eigenvalue weighted by atomic mass is 10.2. The van der Waals surface area contributed by atoms with E-state index < -0.39 is 0 Å². The van der Waals surface area contributed by atoms with Crippen molar-refractivity contribution in [3.05, 3.63) is 24.0 Å². The van der Waals surface area contributed by atoms with Gasteiger partial charge >= 0.3 is 5.97 Å². The van der Waals surface area contributed by atoms with Gasteiger partial charge in [0.05, 0.1) is 18.4 Å². The highest BCUT2D eigenvalue weighted by Gasteiger charge is 2.10. The van der Waals surface area contributed by atoms with Gasteiger partial charge < -0.3 is 4.74 Å². The van der Waals surface area contributed by atoms with Crippen LogP contribution in [0.3, 0.4) is 0 Å². The molecule has 0 spiro atoms. The van der Waals surface area contributed by atoms with Crippen molar-refractivity contribution in [2.75, 3.05) is 6.61 Å². The van der Waals surface area contributed by atoms with Crippen molar-refractivity contribution in [2.24, 2.45) is 0 Å². The number of hydrogen-bond donors (Lipinski definition) is 0. The fourth-order valence-corrected chi connectivity index (χ4v) is 1.53. The largest absolute Gasteiger partial charge is 0.462 e. The van der Waals surface area contributed by atoms with Crippen molar-refractivity contribution in [1.29, 1.82) is 0 Å². The molecule has 0 fully saturated rings. The molecule has 0 saturated heterocycles. The Morgan fingerprint density at radius 3 is 2.94 bits per heavy atom. The SMILES string of the molecule is CCOC(=O)c1cnc2c(cnn2CC)c1. The third-order valence-electron chi connectivity index (χ3n) is 2.29. The minimum Gasteiger partial charge on any atom is -0.462 e. The molecule has 0 aromatic carbocycles. The van der Waals surface area contributed by atoms with Crippen molar-refractivity contribution in [1.82, 2.24) is 14.8 Å². The molecule has 0 aliphatic carbocycles. The van der Waals surface area contributed by atoms with E-state index in [-0.39, 0.29) is 5.97 Å². The Balaban J connectivity index is 2.41. The van der Waals surface area contributed by atoms with Gasteiger partial charge in [0.25, 0.3) is 0 Å². The van der Waals surface area contributed by atoms with Crippen LogP contribution in [0.2, 0.25) is 0 Å². The first-order valence-corrected chi connectivity index (χ1v) is 5.25. The van der Waals surface area contributed by atoms with Gasteiger partial charge in [0, 0.05) is 18.1 Å². The molecular weight excluding hydrogens is 206 g/mol. The molecule has 5 nitrogen and oxygen atoms in total. The third-order valence-corrected chi connectivity index (χ3v) is 2.29. The Morgan fingerprint density at radius 1 is 1.44 bits per heavy atom. The molecule has 0 atom stereocenters. The molecule has 0 saturated carbocycles. The van der Waals surface area contributed by atoms with Gasteiger partial charge in [-0.15, -0.1) is 0 Å². The fraction of sp³-hybridized carbons (Fsp3) is 0.364. The van der Waals surface area contributed by atoms with Gasteiger partial charge in [0.2, 0.25) is 0 Å². The van der Waals surface area contributed by atoms with E-state index in [1.54, 1.807) is 23.9 Å². The topological polar surface area (TPSA) is 57.0 Å². The zero-order valence-electron chi connectivity index (χ0n) is 9.30. The average molecular weight is 219 g/mol. The summed E-state index contributed by atoms with van der Waals surface area (Å²) in [6, 6.07) is 1.75. The van der Waals surface area contributed by atoms with Gasteiger partial charge in [-0.1, -0.05) is 0 Å². The van der Waals surface area contributed by atoms with Crippen LogP contribution in [0.25, 0.3) is 11.0 Å². The van der Waals surface area contributed by atoms with Crippen molar-refractivity contribution >= 4 is 17.0 Å². The Labute approximate surface area is 93.0 Å². The minimum atomic E-state index is -0.346. The predicted molar refractivity (Wildman–Crippen MR) is 59.2 cm³/mol. The highest BCUT2D eigenvalue weighted by Crippen LogP contribution is 2.13. The lowest BCUT2D eigenvalue weighted by molar-refractivity contribution is 0.0526. The summed E-state index contributed by atoms with van der Waals surface area (Å²) in [6.45, 7) is 4.90. The smallest absolute Gasteiger partial charge is 0.339 e. The average Bonchev–Trinajstić information content (AvgIpc) is 2.71. The Morgan fingerprint density at radius 2 is 2.25 bits per heavy atom. The van der Waals surface area contributed by atoms with E-state index in [0.717, 1.165) is 17.6 Å². The van der Waals surface area contributed by atoms with Crippen LogP contribution >= 0.6 is 0 Å². The number of pyridine rings is 1. The van der Waals surface area contributed by atoms with Crippen LogP contribution < -0.4 is 0 Å². The number of nitrogens with zero attached hydrogens (tertiary/aromatic N) is 3. The van der Waals surface area contributed by atoms with Crippen LogP contribution in [0.1, 0.15) is 24.2 Å². The summed E-state index contributed by atoms with van der Waals surface area (Å²) in [5.41, 5.74) is 1.25. The number of aromatic nitrogens is 3. The van der Waals surface area contributed by atoms with Gasteiger partial charge in [-0.25, -0.2) is 14.5 Å². The van der Waals surface area contributed by atoms with E-state index >= 15 is 0 Å². The second-order valence-electron chi connectivity index (χ2n) is 3.32. The molecule has 2 rings (SSSR count). The number of carbonyl (C=O) groups is 1. The van der Waals surface area contributed by atoms with Crippen molar-refractivity contribution < 1.29 is 9.53 Å². The molecule has 0 radical (unpaired) electrons. The maximum atomic E-state index is 11.5. The quantitative estimate of drug-likeness (QED) is 0.736. The second-order valence-corrected chi connectivity index (χ2v) is 3.32. The van der Waals surface area contributed by atoms with E-state index in [0.29, 0.717) is 12.2 Å². The van der Waals surface area contributed by atoms with Crippen LogP contribution in [0.4, 0.5) is 0 Å². The zero-order chi connectivity index (χ0) is 11.5. The van der Waals surface area contributed by atoms with E-state index in [9.17, 15) is 4.79 Å². The Kier molecular flexibility index (Phi) is 2.85. The summed E-state index contributed by atoms with van der Waals surface area (Å²) in [5, 5.41) is 5.02. The van der Waals surface area contributed by atoms with Gasteiger partial charge in [-0.05, 0) is 19.9 Å². The standard InChI is InChI=1S/C11H13N3O2/c1-3-14-10-8(7-13-14)5-9(6-12-10)11(15)16-4-2/h5-7H,3-4H2,1-2H3. The number of hydrogen-bond acceptors (Lipinski definition) is 4. The summed E-state index contributed by atoms with van der Waals surface area (Å²) < 4.78 is 6.69. The summed E-state index contributed by atoms with van der Waals surface area (Å²) >= 11 is 0. The molecule has 2 aromatic rings. The minimum absolute atomic E-state index is 0.346. The molecule has 0 unspecified atom stereocenters. The first-order valence-electron chi connectivity index (χ1n) is 5.25. The van der Waals surface area contributed by atoms with Crippen molar-refractivity contribution in [3.8, 4) is 0 Å². The molecule has 84 valence electrons. The molecule has 0 aliphatic rings. The first-order chi connectivity index (χ1) is 7.76. The first kappa shape index (κ1) is 10.6. The monoisotopic (exact) mass is 219 g/mol. The van der Waals surface area contributed by atoms with Gasteiger partial charge in [-0.2, -0.15) is 5.10 Å². The normalized spacial score (nSPS) is 10.6. The maximum Gasteiger partial charge on any atom is 0.339 e. The van der Waals surface area contributed by atoms with Crippen LogP contribution in [0.15, 0.2) is 18.5 Å². The van der Waals surface area contributed by atoms with E-state index in [1.165, 1.54) is 6.20 Å². The van der Waals surface area contributed by atoms with Gasteiger partial charge in [0.15, 0.2) is 5.65 Å². The molecule has 0 N–H and O–H groups in total. The number of fused-ring (bicyclic) bond motifs is 1. The number of rotatable bonds is 3. The molecule has 0 aliphatic heterocycles. The summed E-state index contributed by atoms with van der Waals surface area (Å²) in [4.78, 5) is 15.7. The maximum absolute atomic E-state index is 11.5. The van der Waals surface area contributed by atoms with Crippen LogP contribution in [-0.2, 0) is 11.3 Å². The lowest BCUT2D eigenvalue weighted by Gasteiger charge is -2.01. The van der Waals surface area contributed by atoms with Crippen LogP contribution in [0.5, 0.6) is 0 Å². The van der Waals surface area contributed by atoms with E-state index in [2.05, 4.69) is 10.1 Å². The van der Waals surface area contributed by atoms with Crippen molar-refractivity contribution in [2.45, 2.75) is 20.4 Å². The molecule has 0 amide bonds. The molecule has 16 heavy (non-hydrogen) atoms. The van der Waals surface area contributed by atoms with E-state index in [4.69, 9.17) is 4.74 Å². The summed E-state index contributed by atoms with van der Waals surface area (Å²) in [5.74, 6) is -0.346. The van der Waals surface area contributed by atoms with Crippen molar-refractivity contribution in [3.63, 3.8) is 0 Å². The number of esters is 1. The number of carbonyl (C=O) groups excluding carboxylic acids is 1. The molecule has 2 aromatic heterocycles. The molecule has 2 heterocycles. The Bertz CT molecular complexity index is 519. The molecular formula is C11H13N3O2. The second kappa shape index (κ2) is 4.30. The van der Waals surface area contributed by atoms with Gasteiger partial charge in [0.1, 0.15) is 0 Å².